The lowest BCUT2D eigenvalue weighted by Gasteiger charge is -2.05. The summed E-state index contributed by atoms with van der Waals surface area (Å²) in [6.07, 6.45) is 4.63. The molecule has 118 valence electrons. The number of aryl methyl sites for hydroxylation is 1. The highest BCUT2D eigenvalue weighted by Gasteiger charge is 2.15. The molecule has 0 radical (unpaired) electrons. The van der Waals surface area contributed by atoms with Crippen LogP contribution in [0.1, 0.15) is 29.3 Å². The normalized spacial score (nSPS) is 10.9. The Morgan fingerprint density at radius 1 is 1.30 bits per heavy atom. The molecular formula is C18H18ClN3O. The third-order valence-electron chi connectivity index (χ3n) is 3.69. The number of rotatable bonds is 5. The minimum Gasteiger partial charge on any atom is -0.348 e. The standard InChI is InChI=1S/C18H18ClN3O/c1-2-9-22-12-16(15-7-4-8-20-17(15)22)18(23)21-11-13-5-3-6-14(19)10-13/h3-8,10,12H,2,9,11H2,1H3,(H,21,23). The molecule has 1 amide bonds. The third-order valence-corrected chi connectivity index (χ3v) is 3.92. The topological polar surface area (TPSA) is 46.9 Å². The van der Waals surface area contributed by atoms with E-state index in [2.05, 4.69) is 17.2 Å². The van der Waals surface area contributed by atoms with E-state index in [1.54, 1.807) is 6.20 Å². The van der Waals surface area contributed by atoms with E-state index in [9.17, 15) is 4.79 Å². The van der Waals surface area contributed by atoms with E-state index in [-0.39, 0.29) is 5.91 Å². The van der Waals surface area contributed by atoms with Gasteiger partial charge in [-0.2, -0.15) is 0 Å². The van der Waals surface area contributed by atoms with Crippen LogP contribution in [-0.4, -0.2) is 15.5 Å². The molecule has 0 spiro atoms. The average Bonchev–Trinajstić information content (AvgIpc) is 2.92. The molecule has 0 aliphatic carbocycles. The number of carbonyl (C=O) groups is 1. The van der Waals surface area contributed by atoms with Gasteiger partial charge in [-0.1, -0.05) is 30.7 Å². The molecule has 0 saturated carbocycles. The number of nitrogens with zero attached hydrogens (tertiary/aromatic N) is 2. The molecular weight excluding hydrogens is 310 g/mol. The quantitative estimate of drug-likeness (QED) is 0.769. The Morgan fingerprint density at radius 3 is 2.96 bits per heavy atom. The minimum absolute atomic E-state index is 0.0992. The number of benzene rings is 1. The summed E-state index contributed by atoms with van der Waals surface area (Å²) in [5, 5.41) is 4.50. The van der Waals surface area contributed by atoms with E-state index in [0.717, 1.165) is 29.6 Å². The summed E-state index contributed by atoms with van der Waals surface area (Å²) in [7, 11) is 0. The molecule has 2 heterocycles. The first kappa shape index (κ1) is 15.6. The zero-order valence-corrected chi connectivity index (χ0v) is 13.7. The van der Waals surface area contributed by atoms with Crippen LogP contribution in [0.15, 0.2) is 48.8 Å². The number of pyridine rings is 1. The number of amides is 1. The average molecular weight is 328 g/mol. The fourth-order valence-corrected chi connectivity index (χ4v) is 2.85. The maximum absolute atomic E-state index is 12.5. The largest absolute Gasteiger partial charge is 0.348 e. The molecule has 0 fully saturated rings. The number of fused-ring (bicyclic) bond motifs is 1. The van der Waals surface area contributed by atoms with E-state index >= 15 is 0 Å². The van der Waals surface area contributed by atoms with Crippen LogP contribution in [0, 0.1) is 0 Å². The second-order valence-electron chi connectivity index (χ2n) is 5.42. The van der Waals surface area contributed by atoms with E-state index in [4.69, 9.17) is 11.6 Å². The molecule has 4 nitrogen and oxygen atoms in total. The Morgan fingerprint density at radius 2 is 2.17 bits per heavy atom. The van der Waals surface area contributed by atoms with Crippen LogP contribution >= 0.6 is 11.6 Å². The Kier molecular flexibility index (Phi) is 4.63. The Hall–Kier alpha value is -2.33. The summed E-state index contributed by atoms with van der Waals surface area (Å²) in [5.74, 6) is -0.0992. The van der Waals surface area contributed by atoms with Gasteiger partial charge in [0.2, 0.25) is 0 Å². The predicted molar refractivity (Wildman–Crippen MR) is 92.6 cm³/mol. The molecule has 0 aliphatic heterocycles. The summed E-state index contributed by atoms with van der Waals surface area (Å²) < 4.78 is 2.03. The van der Waals surface area contributed by atoms with Crippen molar-refractivity contribution in [2.45, 2.75) is 26.4 Å². The molecule has 0 saturated heterocycles. The molecule has 1 aromatic carbocycles. The monoisotopic (exact) mass is 327 g/mol. The van der Waals surface area contributed by atoms with E-state index in [1.165, 1.54) is 0 Å². The lowest BCUT2D eigenvalue weighted by atomic mass is 10.2. The maximum Gasteiger partial charge on any atom is 0.253 e. The summed E-state index contributed by atoms with van der Waals surface area (Å²) >= 11 is 5.97. The van der Waals surface area contributed by atoms with Gasteiger partial charge in [0.25, 0.3) is 5.91 Å². The van der Waals surface area contributed by atoms with Crippen molar-refractivity contribution in [1.82, 2.24) is 14.9 Å². The second-order valence-corrected chi connectivity index (χ2v) is 5.86. The van der Waals surface area contributed by atoms with Crippen LogP contribution in [0.25, 0.3) is 11.0 Å². The molecule has 1 N–H and O–H groups in total. The van der Waals surface area contributed by atoms with Gasteiger partial charge in [-0.05, 0) is 36.2 Å². The first-order valence-electron chi connectivity index (χ1n) is 7.65. The second kappa shape index (κ2) is 6.84. The van der Waals surface area contributed by atoms with Crippen molar-refractivity contribution in [3.63, 3.8) is 0 Å². The minimum atomic E-state index is -0.0992. The van der Waals surface area contributed by atoms with Gasteiger partial charge in [0, 0.05) is 35.9 Å². The summed E-state index contributed by atoms with van der Waals surface area (Å²) in [6, 6.07) is 11.3. The lowest BCUT2D eigenvalue weighted by molar-refractivity contribution is 0.0952. The molecule has 3 aromatic rings. The first-order chi connectivity index (χ1) is 11.2. The zero-order valence-electron chi connectivity index (χ0n) is 12.9. The summed E-state index contributed by atoms with van der Waals surface area (Å²) in [6.45, 7) is 3.39. The molecule has 0 atom stereocenters. The molecule has 5 heteroatoms. The van der Waals surface area contributed by atoms with Gasteiger partial charge >= 0.3 is 0 Å². The molecule has 2 aromatic heterocycles. The van der Waals surface area contributed by atoms with Gasteiger partial charge in [0.15, 0.2) is 0 Å². The highest BCUT2D eigenvalue weighted by atomic mass is 35.5. The number of nitrogens with one attached hydrogen (secondary N) is 1. The lowest BCUT2D eigenvalue weighted by Crippen LogP contribution is -2.22. The highest BCUT2D eigenvalue weighted by Crippen LogP contribution is 2.20. The van der Waals surface area contributed by atoms with Gasteiger partial charge < -0.3 is 9.88 Å². The Bertz CT molecular complexity index is 841. The Balaban J connectivity index is 1.83. The maximum atomic E-state index is 12.5. The van der Waals surface area contributed by atoms with Crippen LogP contribution in [0.3, 0.4) is 0 Å². The third kappa shape index (κ3) is 3.37. The van der Waals surface area contributed by atoms with Crippen LogP contribution < -0.4 is 5.32 Å². The van der Waals surface area contributed by atoms with E-state index < -0.39 is 0 Å². The number of halogens is 1. The van der Waals surface area contributed by atoms with Crippen molar-refractivity contribution < 1.29 is 4.79 Å². The molecule has 23 heavy (non-hydrogen) atoms. The molecule has 0 bridgehead atoms. The van der Waals surface area contributed by atoms with Crippen molar-refractivity contribution >= 4 is 28.5 Å². The highest BCUT2D eigenvalue weighted by molar-refractivity contribution is 6.30. The predicted octanol–water partition coefficient (Wildman–Crippen LogP) is 4.03. The fraction of sp³-hybridized carbons (Fsp3) is 0.222. The van der Waals surface area contributed by atoms with Gasteiger partial charge in [0.1, 0.15) is 5.65 Å². The van der Waals surface area contributed by atoms with Crippen LogP contribution in [0.4, 0.5) is 0 Å². The first-order valence-corrected chi connectivity index (χ1v) is 8.03. The van der Waals surface area contributed by atoms with Crippen LogP contribution in [0.5, 0.6) is 0 Å². The van der Waals surface area contributed by atoms with E-state index in [1.807, 2.05) is 47.2 Å². The van der Waals surface area contributed by atoms with Crippen molar-refractivity contribution in [1.29, 1.82) is 0 Å². The number of carbonyl (C=O) groups excluding carboxylic acids is 1. The fourth-order valence-electron chi connectivity index (χ4n) is 2.64. The zero-order chi connectivity index (χ0) is 16.2. The number of hydrogen-bond donors (Lipinski definition) is 1. The Labute approximate surface area is 140 Å². The van der Waals surface area contributed by atoms with Crippen molar-refractivity contribution in [3.05, 3.63) is 64.9 Å². The van der Waals surface area contributed by atoms with Gasteiger partial charge in [-0.15, -0.1) is 0 Å². The van der Waals surface area contributed by atoms with Crippen molar-refractivity contribution in [2.24, 2.45) is 0 Å². The number of hydrogen-bond acceptors (Lipinski definition) is 2. The van der Waals surface area contributed by atoms with Gasteiger partial charge in [-0.25, -0.2) is 4.98 Å². The van der Waals surface area contributed by atoms with E-state index in [0.29, 0.717) is 17.1 Å². The SMILES string of the molecule is CCCn1cc(C(=O)NCc2cccc(Cl)c2)c2cccnc21. The number of aromatic nitrogens is 2. The molecule has 0 unspecified atom stereocenters. The molecule has 0 aliphatic rings. The van der Waals surface area contributed by atoms with Gasteiger partial charge in [-0.3, -0.25) is 4.79 Å². The van der Waals surface area contributed by atoms with Crippen molar-refractivity contribution in [2.75, 3.05) is 0 Å². The van der Waals surface area contributed by atoms with Gasteiger partial charge in [0.05, 0.1) is 5.56 Å². The smallest absolute Gasteiger partial charge is 0.253 e. The summed E-state index contributed by atoms with van der Waals surface area (Å²) in [4.78, 5) is 16.9. The van der Waals surface area contributed by atoms with Crippen molar-refractivity contribution in [3.8, 4) is 0 Å². The molecule has 3 rings (SSSR count). The van der Waals surface area contributed by atoms with Crippen LogP contribution in [-0.2, 0) is 13.1 Å². The summed E-state index contributed by atoms with van der Waals surface area (Å²) in [5.41, 5.74) is 2.48. The van der Waals surface area contributed by atoms with Crippen LogP contribution in [0.2, 0.25) is 5.02 Å².